The highest BCUT2D eigenvalue weighted by Gasteiger charge is 2.63. The Bertz CT molecular complexity index is 783. The summed E-state index contributed by atoms with van der Waals surface area (Å²) in [5, 5.41) is 15.1. The lowest BCUT2D eigenvalue weighted by molar-refractivity contribution is -0.574. The Morgan fingerprint density at radius 3 is 2.13 bits per heavy atom. The number of fused-ring (bicyclic) bond motifs is 1. The number of carbonyl (C=O) groups is 1. The summed E-state index contributed by atoms with van der Waals surface area (Å²) >= 11 is 0. The molecule has 0 saturated heterocycles. The molecule has 2 aromatic carbocycles. The molecule has 0 fully saturated rings. The van der Waals surface area contributed by atoms with Gasteiger partial charge in [0.05, 0.1) is 0 Å². The molecule has 1 amide bonds. The van der Waals surface area contributed by atoms with Crippen molar-refractivity contribution in [3.05, 3.63) is 80.9 Å². The predicted molar refractivity (Wildman–Crippen MR) is 84.7 cm³/mol. The van der Waals surface area contributed by atoms with Crippen LogP contribution in [0.4, 0.5) is 0 Å². The van der Waals surface area contributed by atoms with E-state index in [-0.39, 0.29) is 16.7 Å². The van der Waals surface area contributed by atoms with E-state index in [9.17, 15) is 14.9 Å². The van der Waals surface area contributed by atoms with E-state index in [0.717, 1.165) is 11.1 Å². The molecule has 0 aliphatic heterocycles. The number of hydrogen-bond acceptors (Lipinski definition) is 3. The number of benzene rings is 2. The first-order valence-electron chi connectivity index (χ1n) is 7.67. The van der Waals surface area contributed by atoms with Gasteiger partial charge in [-0.1, -0.05) is 48.5 Å². The van der Waals surface area contributed by atoms with Crippen LogP contribution in [0.15, 0.2) is 48.5 Å². The molecule has 0 heterocycles. The number of hydrogen-bond donors (Lipinski definition) is 1. The summed E-state index contributed by atoms with van der Waals surface area (Å²) in [7, 11) is 0. The third-order valence-corrected chi connectivity index (χ3v) is 5.13. The molecule has 5 rings (SSSR count). The van der Waals surface area contributed by atoms with E-state index in [2.05, 4.69) is 5.32 Å². The lowest BCUT2D eigenvalue weighted by Crippen LogP contribution is -2.61. The van der Waals surface area contributed by atoms with Crippen LogP contribution < -0.4 is 5.32 Å². The molecule has 0 radical (unpaired) electrons. The topological polar surface area (TPSA) is 72.2 Å². The summed E-state index contributed by atoms with van der Waals surface area (Å²) < 4.78 is 0. The van der Waals surface area contributed by atoms with Crippen LogP contribution in [0.5, 0.6) is 0 Å². The molecule has 23 heavy (non-hydrogen) atoms. The van der Waals surface area contributed by atoms with Gasteiger partial charge in [0, 0.05) is 28.9 Å². The Balaban J connectivity index is 2.07. The fourth-order valence-electron chi connectivity index (χ4n) is 4.38. The van der Waals surface area contributed by atoms with Crippen LogP contribution in [0.1, 0.15) is 41.5 Å². The second-order valence-corrected chi connectivity index (χ2v) is 6.24. The average Bonchev–Trinajstić information content (AvgIpc) is 2.54. The minimum absolute atomic E-state index is 0.0843. The lowest BCUT2D eigenvalue weighted by Gasteiger charge is -2.47. The average molecular weight is 308 g/mol. The molecule has 0 aromatic heterocycles. The molecular weight excluding hydrogens is 292 g/mol. The molecule has 2 aromatic rings. The van der Waals surface area contributed by atoms with Crippen LogP contribution in [-0.4, -0.2) is 16.9 Å². The van der Waals surface area contributed by atoms with Gasteiger partial charge in [0.1, 0.15) is 6.04 Å². The highest BCUT2D eigenvalue weighted by atomic mass is 16.6. The molecule has 1 atom stereocenters. The van der Waals surface area contributed by atoms with Crippen molar-refractivity contribution in [1.82, 2.24) is 5.32 Å². The molecule has 0 spiro atoms. The second kappa shape index (κ2) is 4.65. The largest absolute Gasteiger partial charge is 0.346 e. The van der Waals surface area contributed by atoms with Crippen molar-refractivity contribution in [2.24, 2.45) is 0 Å². The maximum absolute atomic E-state index is 12.3. The van der Waals surface area contributed by atoms with Gasteiger partial charge in [-0.3, -0.25) is 14.9 Å². The van der Waals surface area contributed by atoms with Gasteiger partial charge in [-0.2, -0.15) is 0 Å². The molecule has 2 bridgehead atoms. The first-order valence-corrected chi connectivity index (χ1v) is 7.67. The van der Waals surface area contributed by atoms with Crippen molar-refractivity contribution in [2.75, 3.05) is 0 Å². The molecule has 0 saturated carbocycles. The molecule has 116 valence electrons. The van der Waals surface area contributed by atoms with Crippen molar-refractivity contribution in [1.29, 1.82) is 0 Å². The Kier molecular flexibility index (Phi) is 2.82. The van der Waals surface area contributed by atoms with E-state index in [1.807, 2.05) is 48.5 Å². The van der Waals surface area contributed by atoms with Crippen molar-refractivity contribution in [2.45, 2.75) is 30.8 Å². The summed E-state index contributed by atoms with van der Waals surface area (Å²) in [5.74, 6) is -0.153. The zero-order valence-corrected chi connectivity index (χ0v) is 12.7. The van der Waals surface area contributed by atoms with Crippen LogP contribution in [0.2, 0.25) is 0 Å². The standard InChI is InChI=1S/C18H16N2O3/c1-11(21)19-17-10-14-12-6-2-4-8-15(12)18(17,20(22)23)16-9-5-3-7-13(14)16/h2-9,14,17H,10H2,1H3,(H,19,21)/t14?,17-,18?/m0/s1. The highest BCUT2D eigenvalue weighted by Crippen LogP contribution is 2.56. The third kappa shape index (κ3) is 1.64. The fraction of sp³-hybridized carbons (Fsp3) is 0.278. The van der Waals surface area contributed by atoms with Crippen LogP contribution in [0.3, 0.4) is 0 Å². The minimum atomic E-state index is -1.41. The highest BCUT2D eigenvalue weighted by molar-refractivity contribution is 5.74. The summed E-state index contributed by atoms with van der Waals surface area (Å²) in [6, 6.07) is 14.6. The van der Waals surface area contributed by atoms with Gasteiger partial charge in [0.25, 0.3) is 5.54 Å². The maximum Gasteiger partial charge on any atom is 0.292 e. The number of carbonyl (C=O) groups excluding carboxylic acids is 1. The summed E-state index contributed by atoms with van der Waals surface area (Å²) in [5.41, 5.74) is 2.01. The Labute approximate surface area is 133 Å². The monoisotopic (exact) mass is 308 g/mol. The fourth-order valence-corrected chi connectivity index (χ4v) is 4.38. The van der Waals surface area contributed by atoms with Gasteiger partial charge < -0.3 is 5.32 Å². The number of nitrogens with zero attached hydrogens (tertiary/aromatic N) is 1. The summed E-state index contributed by atoms with van der Waals surface area (Å²) in [4.78, 5) is 23.7. The van der Waals surface area contributed by atoms with Gasteiger partial charge >= 0.3 is 0 Å². The molecule has 5 nitrogen and oxygen atoms in total. The van der Waals surface area contributed by atoms with Gasteiger partial charge in [0.2, 0.25) is 5.91 Å². The van der Waals surface area contributed by atoms with Gasteiger partial charge in [-0.15, -0.1) is 0 Å². The number of nitro groups is 1. The van der Waals surface area contributed by atoms with Crippen molar-refractivity contribution in [3.63, 3.8) is 0 Å². The number of amides is 1. The van der Waals surface area contributed by atoms with E-state index < -0.39 is 11.6 Å². The molecule has 3 aliphatic rings. The molecular formula is C18H16N2O3. The molecule has 0 unspecified atom stereocenters. The van der Waals surface area contributed by atoms with Gasteiger partial charge in [0.15, 0.2) is 0 Å². The zero-order valence-electron chi connectivity index (χ0n) is 12.7. The van der Waals surface area contributed by atoms with Gasteiger partial charge in [-0.05, 0) is 17.5 Å². The van der Waals surface area contributed by atoms with Crippen LogP contribution in [-0.2, 0) is 10.3 Å². The molecule has 1 N–H and O–H groups in total. The zero-order chi connectivity index (χ0) is 16.2. The summed E-state index contributed by atoms with van der Waals surface area (Å²) in [6.45, 7) is 1.41. The van der Waals surface area contributed by atoms with E-state index in [1.165, 1.54) is 6.92 Å². The van der Waals surface area contributed by atoms with Crippen LogP contribution in [0.25, 0.3) is 0 Å². The molecule has 3 aliphatic carbocycles. The normalized spacial score (nSPS) is 27.0. The van der Waals surface area contributed by atoms with Crippen LogP contribution in [0, 0.1) is 10.1 Å². The Morgan fingerprint density at radius 1 is 1.13 bits per heavy atom. The molecule has 5 heteroatoms. The number of nitrogens with one attached hydrogen (secondary N) is 1. The third-order valence-electron chi connectivity index (χ3n) is 5.13. The van der Waals surface area contributed by atoms with Crippen molar-refractivity contribution >= 4 is 5.91 Å². The first kappa shape index (κ1) is 13.9. The van der Waals surface area contributed by atoms with Crippen molar-refractivity contribution in [3.8, 4) is 0 Å². The SMILES string of the molecule is CC(=O)N[C@H]1CC2c3ccccc3C1([N+](=O)[O-])c1ccccc12. The Hall–Kier alpha value is -2.69. The van der Waals surface area contributed by atoms with E-state index in [1.54, 1.807) is 0 Å². The van der Waals surface area contributed by atoms with E-state index >= 15 is 0 Å². The van der Waals surface area contributed by atoms with Crippen molar-refractivity contribution < 1.29 is 9.72 Å². The maximum atomic E-state index is 12.3. The quantitative estimate of drug-likeness (QED) is 0.684. The van der Waals surface area contributed by atoms with Gasteiger partial charge in [-0.25, -0.2) is 0 Å². The minimum Gasteiger partial charge on any atom is -0.346 e. The predicted octanol–water partition coefficient (Wildman–Crippen LogP) is 2.56. The lowest BCUT2D eigenvalue weighted by atomic mass is 9.57. The van der Waals surface area contributed by atoms with Crippen LogP contribution >= 0.6 is 0 Å². The first-order chi connectivity index (χ1) is 11.1. The summed E-state index contributed by atoms with van der Waals surface area (Å²) in [6.07, 6.45) is 0.550. The Morgan fingerprint density at radius 2 is 1.65 bits per heavy atom. The van der Waals surface area contributed by atoms with E-state index in [4.69, 9.17) is 0 Å². The smallest absolute Gasteiger partial charge is 0.292 e. The van der Waals surface area contributed by atoms with E-state index in [0.29, 0.717) is 17.5 Å². The second-order valence-electron chi connectivity index (χ2n) is 6.24. The number of rotatable bonds is 2.